The molecule has 2 aliphatic heterocycles. The van der Waals surface area contributed by atoms with E-state index in [0.29, 0.717) is 19.0 Å². The average molecular weight is 380 g/mol. The number of fused-ring (bicyclic) bond motifs is 1. The van der Waals surface area contributed by atoms with E-state index in [1.807, 2.05) is 17.2 Å². The van der Waals surface area contributed by atoms with Crippen LogP contribution >= 0.6 is 0 Å². The first-order valence-electron chi connectivity index (χ1n) is 10.1. The second-order valence-electron chi connectivity index (χ2n) is 8.81. The third-order valence-corrected chi connectivity index (χ3v) is 6.32. The van der Waals surface area contributed by atoms with Gasteiger partial charge in [0.25, 0.3) is 5.91 Å². The van der Waals surface area contributed by atoms with Crippen LogP contribution in [0, 0.1) is 5.92 Å². The molecule has 3 heterocycles. The number of piperidine rings is 1. The largest absolute Gasteiger partial charge is 0.381 e. The molecule has 2 fully saturated rings. The Morgan fingerprint density at radius 1 is 1.21 bits per heavy atom. The number of aromatic nitrogens is 1. The first-order chi connectivity index (χ1) is 13.4. The zero-order chi connectivity index (χ0) is 19.8. The summed E-state index contributed by atoms with van der Waals surface area (Å²) in [7, 11) is 0. The number of hydrogen-bond donors (Lipinski definition) is 1. The third kappa shape index (κ3) is 3.56. The van der Waals surface area contributed by atoms with Crippen molar-refractivity contribution in [3.8, 4) is 0 Å². The molecule has 5 heteroatoms. The summed E-state index contributed by atoms with van der Waals surface area (Å²) in [6.07, 6.45) is 4.66. The molecule has 5 nitrogen and oxygen atoms in total. The molecule has 0 aliphatic carbocycles. The van der Waals surface area contributed by atoms with Crippen LogP contribution in [-0.4, -0.2) is 57.6 Å². The van der Waals surface area contributed by atoms with Gasteiger partial charge in [-0.05, 0) is 37.5 Å². The predicted octanol–water partition coefficient (Wildman–Crippen LogP) is 2.45. The molecule has 2 atom stereocenters. The van der Waals surface area contributed by atoms with Crippen LogP contribution in [-0.2, 0) is 16.8 Å². The second kappa shape index (κ2) is 7.30. The zero-order valence-electron chi connectivity index (χ0n) is 16.7. The molecule has 1 N–H and O–H groups in total. The molecule has 0 radical (unpaired) electrons. The van der Waals surface area contributed by atoms with Gasteiger partial charge in [0.2, 0.25) is 0 Å². The minimum Gasteiger partial charge on any atom is -0.381 e. The normalized spacial score (nSPS) is 25.5. The molecule has 0 saturated carbocycles. The Labute approximate surface area is 167 Å². The van der Waals surface area contributed by atoms with Crippen LogP contribution in [0.15, 0.2) is 54.9 Å². The van der Waals surface area contributed by atoms with E-state index >= 15 is 0 Å². The quantitative estimate of drug-likeness (QED) is 0.887. The van der Waals surface area contributed by atoms with E-state index in [-0.39, 0.29) is 11.3 Å². The fourth-order valence-electron chi connectivity index (χ4n) is 4.97. The van der Waals surface area contributed by atoms with Gasteiger partial charge in [-0.2, -0.15) is 0 Å². The standard InChI is InChI=1S/C23H29N3O2/c1-22(2,28)21(27)26-12-10-23(19-8-4-3-5-9-19)17-25(15-20(23)16-26)14-18-7-6-11-24-13-18/h3-9,11,13,20,28H,10,12,14-17H2,1-2H3. The van der Waals surface area contributed by atoms with Gasteiger partial charge in [0.05, 0.1) is 0 Å². The van der Waals surface area contributed by atoms with Crippen molar-refractivity contribution in [3.63, 3.8) is 0 Å². The molecule has 2 aromatic rings. The number of rotatable bonds is 4. The van der Waals surface area contributed by atoms with E-state index in [1.165, 1.54) is 11.1 Å². The summed E-state index contributed by atoms with van der Waals surface area (Å²) >= 11 is 0. The number of pyridine rings is 1. The zero-order valence-corrected chi connectivity index (χ0v) is 16.7. The highest BCUT2D eigenvalue weighted by atomic mass is 16.3. The van der Waals surface area contributed by atoms with E-state index in [9.17, 15) is 9.90 Å². The van der Waals surface area contributed by atoms with E-state index in [0.717, 1.165) is 26.1 Å². The van der Waals surface area contributed by atoms with E-state index < -0.39 is 5.60 Å². The molecule has 148 valence electrons. The van der Waals surface area contributed by atoms with Crippen LogP contribution in [0.3, 0.4) is 0 Å². The van der Waals surface area contributed by atoms with Gasteiger partial charge in [-0.25, -0.2) is 0 Å². The molecule has 28 heavy (non-hydrogen) atoms. The lowest BCUT2D eigenvalue weighted by atomic mass is 9.68. The fourth-order valence-corrected chi connectivity index (χ4v) is 4.97. The average Bonchev–Trinajstić information content (AvgIpc) is 3.06. The van der Waals surface area contributed by atoms with Gasteiger partial charge in [0, 0.05) is 56.5 Å². The predicted molar refractivity (Wildman–Crippen MR) is 109 cm³/mol. The Morgan fingerprint density at radius 2 is 2.00 bits per heavy atom. The van der Waals surface area contributed by atoms with Crippen molar-refractivity contribution in [2.24, 2.45) is 5.92 Å². The van der Waals surface area contributed by atoms with Crippen molar-refractivity contribution in [1.82, 2.24) is 14.8 Å². The SMILES string of the molecule is CC(C)(O)C(=O)N1CCC2(c3ccccc3)CN(Cc3cccnc3)CC2C1. The Kier molecular flexibility index (Phi) is 4.98. The van der Waals surface area contributed by atoms with E-state index in [1.54, 1.807) is 20.0 Å². The number of amides is 1. The Morgan fingerprint density at radius 3 is 2.68 bits per heavy atom. The van der Waals surface area contributed by atoms with Crippen LogP contribution in [0.1, 0.15) is 31.4 Å². The summed E-state index contributed by atoms with van der Waals surface area (Å²) in [4.78, 5) is 21.3. The fraction of sp³-hybridized carbons (Fsp3) is 0.478. The number of aliphatic hydroxyl groups is 1. The smallest absolute Gasteiger partial charge is 0.253 e. The number of carbonyl (C=O) groups excluding carboxylic acids is 1. The maximum absolute atomic E-state index is 12.7. The van der Waals surface area contributed by atoms with E-state index in [2.05, 4.69) is 46.3 Å². The minimum atomic E-state index is -1.32. The molecule has 2 saturated heterocycles. The Hall–Kier alpha value is -2.24. The van der Waals surface area contributed by atoms with E-state index in [4.69, 9.17) is 0 Å². The summed E-state index contributed by atoms with van der Waals surface area (Å²) in [6.45, 7) is 7.35. The molecule has 0 bridgehead atoms. The summed E-state index contributed by atoms with van der Waals surface area (Å²) in [5, 5.41) is 10.2. The van der Waals surface area contributed by atoms with Crippen molar-refractivity contribution < 1.29 is 9.90 Å². The first-order valence-corrected chi connectivity index (χ1v) is 10.1. The van der Waals surface area contributed by atoms with Gasteiger partial charge in [-0.3, -0.25) is 14.7 Å². The van der Waals surface area contributed by atoms with Crippen LogP contribution in [0.5, 0.6) is 0 Å². The van der Waals surface area contributed by atoms with Crippen LogP contribution in [0.25, 0.3) is 0 Å². The minimum absolute atomic E-state index is 0.0554. The van der Waals surface area contributed by atoms with Gasteiger partial charge in [0.15, 0.2) is 0 Å². The molecule has 0 spiro atoms. The number of hydrogen-bond acceptors (Lipinski definition) is 4. The lowest BCUT2D eigenvalue weighted by molar-refractivity contribution is -0.150. The van der Waals surface area contributed by atoms with Gasteiger partial charge < -0.3 is 10.0 Å². The molecule has 2 unspecified atom stereocenters. The Bertz CT molecular complexity index is 819. The van der Waals surface area contributed by atoms with Crippen molar-refractivity contribution >= 4 is 5.91 Å². The summed E-state index contributed by atoms with van der Waals surface area (Å²) < 4.78 is 0. The van der Waals surface area contributed by atoms with Crippen molar-refractivity contribution in [2.75, 3.05) is 26.2 Å². The molecular weight excluding hydrogens is 350 g/mol. The highest BCUT2D eigenvalue weighted by Crippen LogP contribution is 2.45. The summed E-state index contributed by atoms with van der Waals surface area (Å²) in [6, 6.07) is 14.8. The monoisotopic (exact) mass is 379 g/mol. The Balaban J connectivity index is 1.60. The van der Waals surface area contributed by atoms with Crippen LogP contribution in [0.2, 0.25) is 0 Å². The molecule has 1 amide bonds. The van der Waals surface area contributed by atoms with Gasteiger partial charge in [-0.15, -0.1) is 0 Å². The lowest BCUT2D eigenvalue weighted by Gasteiger charge is -2.45. The summed E-state index contributed by atoms with van der Waals surface area (Å²) in [5.41, 5.74) is 1.32. The number of benzene rings is 1. The second-order valence-corrected chi connectivity index (χ2v) is 8.81. The molecule has 4 rings (SSSR count). The molecule has 1 aromatic heterocycles. The maximum atomic E-state index is 12.7. The van der Waals surface area contributed by atoms with Crippen molar-refractivity contribution in [2.45, 2.75) is 37.8 Å². The third-order valence-electron chi connectivity index (χ3n) is 6.32. The molecule has 1 aromatic carbocycles. The molecule has 2 aliphatic rings. The topological polar surface area (TPSA) is 56.7 Å². The number of likely N-dealkylation sites (tertiary alicyclic amines) is 2. The van der Waals surface area contributed by atoms with Gasteiger partial charge in [-0.1, -0.05) is 36.4 Å². The van der Waals surface area contributed by atoms with Crippen molar-refractivity contribution in [3.05, 3.63) is 66.0 Å². The van der Waals surface area contributed by atoms with Crippen molar-refractivity contribution in [1.29, 1.82) is 0 Å². The van der Waals surface area contributed by atoms with Gasteiger partial charge >= 0.3 is 0 Å². The highest BCUT2D eigenvalue weighted by Gasteiger charge is 2.51. The number of carbonyl (C=O) groups is 1. The number of nitrogens with zero attached hydrogens (tertiary/aromatic N) is 3. The first kappa shape index (κ1) is 19.1. The molecular formula is C23H29N3O2. The highest BCUT2D eigenvalue weighted by molar-refractivity contribution is 5.84. The van der Waals surface area contributed by atoms with Crippen LogP contribution in [0.4, 0.5) is 0 Å². The lowest BCUT2D eigenvalue weighted by Crippen LogP contribution is -2.55. The summed E-state index contributed by atoms with van der Waals surface area (Å²) in [5.74, 6) is 0.187. The van der Waals surface area contributed by atoms with Gasteiger partial charge in [0.1, 0.15) is 5.60 Å². The maximum Gasteiger partial charge on any atom is 0.253 e. The van der Waals surface area contributed by atoms with Crippen LogP contribution < -0.4 is 0 Å².